The number of nitrogens with one attached hydrogen (secondary N) is 1. The van der Waals surface area contributed by atoms with Crippen molar-refractivity contribution in [2.45, 2.75) is 0 Å². The Morgan fingerprint density at radius 3 is 2.67 bits per heavy atom. The molecule has 0 fully saturated rings. The monoisotopic (exact) mass is 279 g/mol. The van der Waals surface area contributed by atoms with E-state index < -0.39 is 0 Å². The minimum Gasteiger partial charge on any atom is -0.382 e. The van der Waals surface area contributed by atoms with E-state index in [0.717, 1.165) is 5.56 Å². The molecule has 0 atom stereocenters. The van der Waals surface area contributed by atoms with Crippen LogP contribution in [0.2, 0.25) is 0 Å². The molecule has 9 nitrogen and oxygen atoms in total. The molecule has 1 aromatic carbocycles. The Hall–Kier alpha value is -3.54. The molecule has 21 heavy (non-hydrogen) atoms. The zero-order valence-electron chi connectivity index (χ0n) is 10.6. The fourth-order valence-corrected chi connectivity index (χ4v) is 1.90. The number of nitriles is 1. The maximum Gasteiger partial charge on any atom is 0.222 e. The highest BCUT2D eigenvalue weighted by Gasteiger charge is 2.14. The van der Waals surface area contributed by atoms with Crippen LogP contribution in [0.3, 0.4) is 0 Å². The van der Waals surface area contributed by atoms with E-state index in [9.17, 15) is 5.26 Å². The van der Waals surface area contributed by atoms with Crippen LogP contribution in [0.5, 0.6) is 0 Å². The molecule has 0 aliphatic carbocycles. The molecule has 0 unspecified atom stereocenters. The van der Waals surface area contributed by atoms with Gasteiger partial charge < -0.3 is 11.5 Å². The van der Waals surface area contributed by atoms with Crippen molar-refractivity contribution in [1.82, 2.24) is 30.6 Å². The van der Waals surface area contributed by atoms with Crippen LogP contribution in [-0.4, -0.2) is 30.6 Å². The summed E-state index contributed by atoms with van der Waals surface area (Å²) in [4.78, 5) is 7.88. The Labute approximate surface area is 118 Å². The average molecular weight is 279 g/mol. The van der Waals surface area contributed by atoms with Crippen molar-refractivity contribution in [2.24, 2.45) is 0 Å². The number of H-pyrrole nitrogens is 1. The Bertz CT molecular complexity index is 832. The third-order valence-electron chi connectivity index (χ3n) is 2.81. The summed E-state index contributed by atoms with van der Waals surface area (Å²) in [7, 11) is 0. The largest absolute Gasteiger partial charge is 0.382 e. The molecule has 0 radical (unpaired) electrons. The van der Waals surface area contributed by atoms with E-state index in [2.05, 4.69) is 30.6 Å². The van der Waals surface area contributed by atoms with Gasteiger partial charge in [-0.05, 0) is 11.3 Å². The predicted molar refractivity (Wildman–Crippen MR) is 74.2 cm³/mol. The van der Waals surface area contributed by atoms with E-state index in [1.807, 2.05) is 12.1 Å². The van der Waals surface area contributed by atoms with Crippen LogP contribution in [0.15, 0.2) is 24.3 Å². The summed E-state index contributed by atoms with van der Waals surface area (Å²) in [6.45, 7) is 0. The van der Waals surface area contributed by atoms with Gasteiger partial charge >= 0.3 is 0 Å². The molecule has 9 heteroatoms. The first-order chi connectivity index (χ1) is 10.2. The maximum atomic E-state index is 9.21. The van der Waals surface area contributed by atoms with E-state index in [4.69, 9.17) is 11.5 Å². The van der Waals surface area contributed by atoms with Gasteiger partial charge in [-0.1, -0.05) is 18.2 Å². The predicted octanol–water partition coefficient (Wildman–Crippen LogP) is 0.360. The smallest absolute Gasteiger partial charge is 0.222 e. The molecule has 0 amide bonds. The van der Waals surface area contributed by atoms with Crippen molar-refractivity contribution < 1.29 is 0 Å². The number of anilines is 2. The summed E-state index contributed by atoms with van der Waals surface area (Å²) in [5.74, 6) is 0.488. The van der Waals surface area contributed by atoms with Crippen LogP contribution in [0.1, 0.15) is 5.56 Å². The normalized spacial score (nSPS) is 10.2. The highest BCUT2D eigenvalue weighted by atomic mass is 15.5. The molecule has 102 valence electrons. The fraction of sp³-hybridized carbons (Fsp3) is 0. The summed E-state index contributed by atoms with van der Waals surface area (Å²) >= 11 is 0. The Morgan fingerprint density at radius 1 is 1.14 bits per heavy atom. The number of aromatic nitrogens is 6. The zero-order chi connectivity index (χ0) is 14.8. The van der Waals surface area contributed by atoms with E-state index in [0.29, 0.717) is 17.1 Å². The number of tetrazole rings is 1. The average Bonchev–Trinajstić information content (AvgIpc) is 3.01. The van der Waals surface area contributed by atoms with Crippen molar-refractivity contribution in [1.29, 1.82) is 5.26 Å². The fourth-order valence-electron chi connectivity index (χ4n) is 1.90. The van der Waals surface area contributed by atoms with Crippen LogP contribution >= 0.6 is 0 Å². The molecule has 3 aromatic rings. The van der Waals surface area contributed by atoms with E-state index in [-0.39, 0.29) is 17.3 Å². The lowest BCUT2D eigenvalue weighted by Gasteiger charge is -2.07. The molecular formula is C12H9N9. The first-order valence-electron chi connectivity index (χ1n) is 5.86. The molecule has 3 rings (SSSR count). The number of hydrogen-bond donors (Lipinski definition) is 3. The molecule has 0 saturated heterocycles. The quantitative estimate of drug-likeness (QED) is 0.606. The number of rotatable bonds is 2. The van der Waals surface area contributed by atoms with Gasteiger partial charge in [0, 0.05) is 11.1 Å². The maximum absolute atomic E-state index is 9.21. The summed E-state index contributed by atoms with van der Waals surface area (Å²) in [6.07, 6.45) is 0. The second kappa shape index (κ2) is 4.86. The number of benzene rings is 1. The van der Waals surface area contributed by atoms with Crippen LogP contribution in [-0.2, 0) is 0 Å². The van der Waals surface area contributed by atoms with Gasteiger partial charge in [-0.25, -0.2) is 4.98 Å². The van der Waals surface area contributed by atoms with Crippen LogP contribution in [0.4, 0.5) is 11.8 Å². The molecule has 0 aliphatic rings. The Balaban J connectivity index is 2.18. The van der Waals surface area contributed by atoms with Gasteiger partial charge in [-0.3, -0.25) is 0 Å². The van der Waals surface area contributed by atoms with Gasteiger partial charge in [0.1, 0.15) is 17.5 Å². The highest BCUT2D eigenvalue weighted by Crippen LogP contribution is 2.27. The van der Waals surface area contributed by atoms with E-state index >= 15 is 0 Å². The van der Waals surface area contributed by atoms with Crippen molar-refractivity contribution in [3.63, 3.8) is 0 Å². The lowest BCUT2D eigenvalue weighted by molar-refractivity contribution is 0.881. The van der Waals surface area contributed by atoms with Crippen molar-refractivity contribution in [3.8, 4) is 28.7 Å². The Morgan fingerprint density at radius 2 is 1.95 bits per heavy atom. The number of hydrogen-bond acceptors (Lipinski definition) is 8. The first-order valence-corrected chi connectivity index (χ1v) is 5.86. The minimum atomic E-state index is 0.00599. The molecule has 5 N–H and O–H groups in total. The molecule has 0 spiro atoms. The second-order valence-electron chi connectivity index (χ2n) is 4.12. The summed E-state index contributed by atoms with van der Waals surface area (Å²) in [6, 6.07) is 9.14. The SMILES string of the molecule is N#Cc1c(N)nc(N)nc1-c1cccc(-c2nn[nH]n2)c1. The van der Waals surface area contributed by atoms with Crippen LogP contribution in [0.25, 0.3) is 22.6 Å². The standard InChI is InChI=1S/C12H9N9/c13-5-8-9(16-12(15)17-10(8)14)6-2-1-3-7(4-6)11-18-20-21-19-11/h1-4H,(H4,14,15,16,17)(H,18,19,20,21). The summed E-state index contributed by atoms with van der Waals surface area (Å²) < 4.78 is 0. The third kappa shape index (κ3) is 2.21. The summed E-state index contributed by atoms with van der Waals surface area (Å²) in [5, 5.41) is 22.9. The van der Waals surface area contributed by atoms with E-state index in [1.54, 1.807) is 18.2 Å². The van der Waals surface area contributed by atoms with Gasteiger partial charge in [0.15, 0.2) is 0 Å². The van der Waals surface area contributed by atoms with Crippen LogP contribution in [0, 0.1) is 11.3 Å². The highest BCUT2D eigenvalue weighted by molar-refractivity contribution is 5.75. The topological polar surface area (TPSA) is 156 Å². The van der Waals surface area contributed by atoms with Gasteiger partial charge in [0.25, 0.3) is 0 Å². The van der Waals surface area contributed by atoms with Gasteiger partial charge in [-0.2, -0.15) is 15.5 Å². The van der Waals surface area contributed by atoms with Gasteiger partial charge in [0.2, 0.25) is 11.8 Å². The summed E-state index contributed by atoms with van der Waals surface area (Å²) in [5.41, 5.74) is 13.2. The first kappa shape index (κ1) is 12.5. The third-order valence-corrected chi connectivity index (χ3v) is 2.81. The number of nitrogens with zero attached hydrogens (tertiary/aromatic N) is 6. The number of nitrogen functional groups attached to an aromatic ring is 2. The zero-order valence-corrected chi connectivity index (χ0v) is 10.6. The second-order valence-corrected chi connectivity index (χ2v) is 4.12. The molecule has 2 heterocycles. The lowest BCUT2D eigenvalue weighted by atomic mass is 10.0. The van der Waals surface area contributed by atoms with Gasteiger partial charge in [-0.15, -0.1) is 10.2 Å². The van der Waals surface area contributed by atoms with Crippen molar-refractivity contribution in [3.05, 3.63) is 29.8 Å². The lowest BCUT2D eigenvalue weighted by Crippen LogP contribution is -2.05. The molecule has 0 aliphatic heterocycles. The van der Waals surface area contributed by atoms with Gasteiger partial charge in [0.05, 0.1) is 5.69 Å². The minimum absolute atomic E-state index is 0.00599. The molecule has 0 bridgehead atoms. The molecular weight excluding hydrogens is 270 g/mol. The van der Waals surface area contributed by atoms with Crippen LogP contribution < -0.4 is 11.5 Å². The number of nitrogens with two attached hydrogens (primary N) is 2. The van der Waals surface area contributed by atoms with Crippen molar-refractivity contribution in [2.75, 3.05) is 11.5 Å². The molecule has 2 aromatic heterocycles. The Kier molecular flexibility index (Phi) is 2.89. The molecule has 0 saturated carbocycles. The van der Waals surface area contributed by atoms with E-state index in [1.165, 1.54) is 0 Å². The van der Waals surface area contributed by atoms with Crippen molar-refractivity contribution >= 4 is 11.8 Å². The number of aromatic amines is 1.